The van der Waals surface area contributed by atoms with Gasteiger partial charge in [0, 0.05) is 10.9 Å². The fourth-order valence-electron chi connectivity index (χ4n) is 1.95. The molecule has 3 nitrogen and oxygen atoms in total. The van der Waals surface area contributed by atoms with Crippen LogP contribution in [-0.4, -0.2) is 13.2 Å². The summed E-state index contributed by atoms with van der Waals surface area (Å²) in [4.78, 5) is 0.456. The van der Waals surface area contributed by atoms with Gasteiger partial charge in [0.05, 0.1) is 17.9 Å². The summed E-state index contributed by atoms with van der Waals surface area (Å²) in [5, 5.41) is 9.80. The molecule has 0 bridgehead atoms. The van der Waals surface area contributed by atoms with Crippen LogP contribution in [0.4, 0.5) is 4.39 Å². The summed E-state index contributed by atoms with van der Waals surface area (Å²) >= 11 is 1.14. The van der Waals surface area contributed by atoms with Crippen LogP contribution >= 0.6 is 11.3 Å². The molecule has 2 aromatic rings. The van der Waals surface area contributed by atoms with E-state index in [0.29, 0.717) is 33.7 Å². The summed E-state index contributed by atoms with van der Waals surface area (Å²) < 4.78 is 24.9. The molecule has 3 rings (SSSR count). The van der Waals surface area contributed by atoms with Crippen LogP contribution < -0.4 is 0 Å². The number of benzene rings is 1. The number of hydrogen-bond acceptors (Lipinski definition) is 4. The molecule has 0 spiro atoms. The third kappa shape index (κ3) is 1.62. The molecule has 17 heavy (non-hydrogen) atoms. The van der Waals surface area contributed by atoms with E-state index in [-0.39, 0.29) is 5.82 Å². The number of nitrogens with zero attached hydrogens (tertiary/aromatic N) is 1. The fourth-order valence-corrected chi connectivity index (χ4v) is 2.97. The molecule has 0 aliphatic carbocycles. The number of nitriles is 1. The number of fused-ring (bicyclic) bond motifs is 1. The second-order valence-electron chi connectivity index (χ2n) is 3.65. The van der Waals surface area contributed by atoms with Crippen molar-refractivity contribution in [2.24, 2.45) is 0 Å². The predicted molar refractivity (Wildman–Crippen MR) is 61.1 cm³/mol. The zero-order valence-electron chi connectivity index (χ0n) is 8.77. The van der Waals surface area contributed by atoms with E-state index in [1.54, 1.807) is 12.1 Å². The van der Waals surface area contributed by atoms with Crippen molar-refractivity contribution in [1.82, 2.24) is 0 Å². The lowest BCUT2D eigenvalue weighted by atomic mass is 10.1. The summed E-state index contributed by atoms with van der Waals surface area (Å²) in [7, 11) is 0. The van der Waals surface area contributed by atoms with Gasteiger partial charge < -0.3 is 9.47 Å². The van der Waals surface area contributed by atoms with Crippen molar-refractivity contribution in [3.05, 3.63) is 34.5 Å². The molecule has 0 N–H and O–H groups in total. The number of rotatable bonds is 1. The van der Waals surface area contributed by atoms with E-state index in [0.717, 1.165) is 11.3 Å². The minimum Gasteiger partial charge on any atom is -0.346 e. The smallest absolute Gasteiger partial charge is 0.186 e. The first-order valence-electron chi connectivity index (χ1n) is 5.15. The Hall–Kier alpha value is -1.48. The Kier molecular flexibility index (Phi) is 2.56. The monoisotopic (exact) mass is 249 g/mol. The van der Waals surface area contributed by atoms with Crippen molar-refractivity contribution in [2.45, 2.75) is 6.29 Å². The molecule has 1 aromatic carbocycles. The summed E-state index contributed by atoms with van der Waals surface area (Å²) in [6.45, 7) is 1.00. The highest BCUT2D eigenvalue weighted by molar-refractivity contribution is 7.19. The quantitative estimate of drug-likeness (QED) is 0.780. The first kappa shape index (κ1) is 10.7. The Balaban J connectivity index is 2.27. The molecule has 0 unspecified atom stereocenters. The average Bonchev–Trinajstić information content (AvgIpc) is 2.94. The highest BCUT2D eigenvalue weighted by Gasteiger charge is 2.26. The van der Waals surface area contributed by atoms with Gasteiger partial charge in [-0.3, -0.25) is 0 Å². The van der Waals surface area contributed by atoms with Gasteiger partial charge in [-0.2, -0.15) is 5.26 Å². The first-order valence-corrected chi connectivity index (χ1v) is 5.97. The lowest BCUT2D eigenvalue weighted by Gasteiger charge is -2.08. The molecule has 5 heteroatoms. The maximum atomic E-state index is 13.6. The van der Waals surface area contributed by atoms with Gasteiger partial charge in [0.1, 0.15) is 16.8 Å². The van der Waals surface area contributed by atoms with Crippen LogP contribution in [0, 0.1) is 17.1 Å². The molecule has 0 radical (unpaired) electrons. The topological polar surface area (TPSA) is 42.2 Å². The van der Waals surface area contributed by atoms with E-state index in [4.69, 9.17) is 14.7 Å². The standard InChI is InChI=1S/C12H8FNO2S/c13-8-3-1-2-7-10(12-15-4-5-16-12)9(6-14)17-11(7)8/h1-3,12H,4-5H2. The van der Waals surface area contributed by atoms with Crippen molar-refractivity contribution in [3.63, 3.8) is 0 Å². The summed E-state index contributed by atoms with van der Waals surface area (Å²) in [6.07, 6.45) is -0.541. The minimum absolute atomic E-state index is 0.312. The van der Waals surface area contributed by atoms with Gasteiger partial charge in [0.2, 0.25) is 0 Å². The number of thiophene rings is 1. The Bertz CT molecular complexity index is 611. The van der Waals surface area contributed by atoms with E-state index in [9.17, 15) is 4.39 Å². The van der Waals surface area contributed by atoms with Crippen LogP contribution in [0.15, 0.2) is 18.2 Å². The molecular weight excluding hydrogens is 241 g/mol. The second kappa shape index (κ2) is 4.08. The summed E-state index contributed by atoms with van der Waals surface area (Å²) in [5.74, 6) is -0.312. The summed E-state index contributed by atoms with van der Waals surface area (Å²) in [6, 6.07) is 6.89. The van der Waals surface area contributed by atoms with Crippen molar-refractivity contribution < 1.29 is 13.9 Å². The number of ether oxygens (including phenoxy) is 2. The van der Waals surface area contributed by atoms with Crippen LogP contribution in [0.2, 0.25) is 0 Å². The van der Waals surface area contributed by atoms with Crippen LogP contribution in [0.5, 0.6) is 0 Å². The molecule has 1 fully saturated rings. The van der Waals surface area contributed by atoms with Crippen LogP contribution in [0.1, 0.15) is 16.7 Å². The van der Waals surface area contributed by atoms with Gasteiger partial charge in [0.25, 0.3) is 0 Å². The Morgan fingerprint density at radius 3 is 2.82 bits per heavy atom. The molecule has 1 aliphatic heterocycles. The summed E-state index contributed by atoms with van der Waals surface area (Å²) in [5.41, 5.74) is 0.657. The fraction of sp³-hybridized carbons (Fsp3) is 0.250. The molecule has 86 valence electrons. The van der Waals surface area contributed by atoms with Gasteiger partial charge >= 0.3 is 0 Å². The largest absolute Gasteiger partial charge is 0.346 e. The maximum absolute atomic E-state index is 13.6. The van der Waals surface area contributed by atoms with Gasteiger partial charge in [-0.1, -0.05) is 12.1 Å². The third-order valence-corrected chi connectivity index (χ3v) is 3.80. The Morgan fingerprint density at radius 2 is 2.12 bits per heavy atom. The Morgan fingerprint density at radius 1 is 1.35 bits per heavy atom. The molecular formula is C12H8FNO2S. The highest BCUT2D eigenvalue weighted by atomic mass is 32.1. The number of halogens is 1. The van der Waals surface area contributed by atoms with Crippen molar-refractivity contribution in [3.8, 4) is 6.07 Å². The lowest BCUT2D eigenvalue weighted by molar-refractivity contribution is -0.0429. The normalized spacial score (nSPS) is 16.5. The van der Waals surface area contributed by atoms with E-state index in [2.05, 4.69) is 6.07 Å². The lowest BCUT2D eigenvalue weighted by Crippen LogP contribution is -1.98. The van der Waals surface area contributed by atoms with E-state index in [1.165, 1.54) is 6.07 Å². The molecule has 1 saturated heterocycles. The van der Waals surface area contributed by atoms with Crippen LogP contribution in [-0.2, 0) is 9.47 Å². The molecule has 1 aliphatic rings. The van der Waals surface area contributed by atoms with Crippen LogP contribution in [0.25, 0.3) is 10.1 Å². The highest BCUT2D eigenvalue weighted by Crippen LogP contribution is 2.39. The maximum Gasteiger partial charge on any atom is 0.186 e. The molecule has 0 atom stereocenters. The zero-order valence-corrected chi connectivity index (χ0v) is 9.59. The minimum atomic E-state index is -0.541. The van der Waals surface area contributed by atoms with E-state index in [1.807, 2.05) is 0 Å². The number of hydrogen-bond donors (Lipinski definition) is 0. The zero-order chi connectivity index (χ0) is 11.8. The van der Waals surface area contributed by atoms with Gasteiger partial charge in [-0.15, -0.1) is 11.3 Å². The third-order valence-electron chi connectivity index (χ3n) is 2.66. The average molecular weight is 249 g/mol. The molecule has 2 heterocycles. The van der Waals surface area contributed by atoms with Gasteiger partial charge in [-0.05, 0) is 6.07 Å². The van der Waals surface area contributed by atoms with Crippen molar-refractivity contribution in [1.29, 1.82) is 5.26 Å². The van der Waals surface area contributed by atoms with Crippen molar-refractivity contribution in [2.75, 3.05) is 13.2 Å². The van der Waals surface area contributed by atoms with Gasteiger partial charge in [0.15, 0.2) is 6.29 Å². The van der Waals surface area contributed by atoms with Crippen molar-refractivity contribution >= 4 is 21.4 Å². The first-order chi connectivity index (χ1) is 8.31. The van der Waals surface area contributed by atoms with E-state index >= 15 is 0 Å². The predicted octanol–water partition coefficient (Wildman–Crippen LogP) is 2.96. The van der Waals surface area contributed by atoms with Crippen LogP contribution in [0.3, 0.4) is 0 Å². The van der Waals surface area contributed by atoms with E-state index < -0.39 is 6.29 Å². The molecule has 1 aromatic heterocycles. The van der Waals surface area contributed by atoms with Gasteiger partial charge in [-0.25, -0.2) is 4.39 Å². The SMILES string of the molecule is N#Cc1sc2c(F)cccc2c1C1OCCO1. The second-order valence-corrected chi connectivity index (χ2v) is 4.67. The molecule has 0 amide bonds. The molecule has 0 saturated carbocycles. The Labute approximate surface area is 101 Å².